The lowest BCUT2D eigenvalue weighted by atomic mass is 9.98. The number of aromatic nitrogens is 1. The maximum Gasteiger partial charge on any atom is 0.271 e. The second-order valence-corrected chi connectivity index (χ2v) is 8.06. The van der Waals surface area contributed by atoms with Crippen molar-refractivity contribution in [1.29, 1.82) is 5.26 Å². The Morgan fingerprint density at radius 2 is 2.00 bits per heavy atom. The van der Waals surface area contributed by atoms with Crippen molar-refractivity contribution in [2.24, 2.45) is 5.92 Å². The van der Waals surface area contributed by atoms with Crippen molar-refractivity contribution in [1.82, 2.24) is 4.57 Å². The molecule has 0 saturated heterocycles. The second kappa shape index (κ2) is 7.28. The van der Waals surface area contributed by atoms with E-state index >= 15 is 0 Å². The molecule has 144 valence electrons. The summed E-state index contributed by atoms with van der Waals surface area (Å²) in [6.45, 7) is 7.18. The van der Waals surface area contributed by atoms with Crippen LogP contribution in [0.1, 0.15) is 46.7 Å². The molecule has 0 radical (unpaired) electrons. The van der Waals surface area contributed by atoms with E-state index in [0.29, 0.717) is 11.1 Å². The van der Waals surface area contributed by atoms with Gasteiger partial charge in [-0.05, 0) is 43.5 Å². The molecule has 0 fully saturated rings. The molecule has 7 heteroatoms. The molecule has 3 rings (SSSR count). The summed E-state index contributed by atoms with van der Waals surface area (Å²) in [5, 5.41) is 21.0. The van der Waals surface area contributed by atoms with E-state index in [2.05, 4.69) is 15.9 Å². The molecule has 0 spiro atoms. The van der Waals surface area contributed by atoms with Crippen molar-refractivity contribution in [3.05, 3.63) is 61.0 Å². The summed E-state index contributed by atoms with van der Waals surface area (Å²) in [5.74, 6) is -0.897. The normalized spacial score (nSPS) is 11.2. The molecule has 28 heavy (non-hydrogen) atoms. The number of carbonyl (C=O) groups excluding carboxylic acids is 1. The first-order chi connectivity index (χ1) is 13.2. The zero-order valence-corrected chi connectivity index (χ0v) is 17.5. The standard InChI is InChI=1S/C21H19BrN2O4/c1-10(2)9-24-20(26)15(8-23)11(3)17(21(24)27)18(25)19-12(4)14-7-13(22)5-6-16(14)28-19/h5-7,10,27H,9H2,1-4H3. The topological polar surface area (TPSA) is 96.2 Å². The van der Waals surface area contributed by atoms with Crippen molar-refractivity contribution < 1.29 is 14.3 Å². The molecule has 0 aliphatic carbocycles. The number of ketones is 1. The fourth-order valence-electron chi connectivity index (χ4n) is 3.28. The number of benzene rings is 1. The van der Waals surface area contributed by atoms with Crippen LogP contribution in [0.5, 0.6) is 5.88 Å². The van der Waals surface area contributed by atoms with Gasteiger partial charge in [0.05, 0.1) is 5.56 Å². The second-order valence-electron chi connectivity index (χ2n) is 7.15. The van der Waals surface area contributed by atoms with Crippen LogP contribution in [0.15, 0.2) is 31.9 Å². The highest BCUT2D eigenvalue weighted by molar-refractivity contribution is 9.10. The Hall–Kier alpha value is -2.85. The van der Waals surface area contributed by atoms with Crippen molar-refractivity contribution in [3.8, 4) is 11.9 Å². The average molecular weight is 443 g/mol. The molecule has 1 N–H and O–H groups in total. The van der Waals surface area contributed by atoms with Crippen LogP contribution in [0.3, 0.4) is 0 Å². The van der Waals surface area contributed by atoms with E-state index in [0.717, 1.165) is 14.4 Å². The zero-order chi connectivity index (χ0) is 20.7. The van der Waals surface area contributed by atoms with E-state index in [-0.39, 0.29) is 34.9 Å². The third-order valence-electron chi connectivity index (χ3n) is 4.68. The minimum absolute atomic E-state index is 0.0334. The number of halogens is 1. The van der Waals surface area contributed by atoms with E-state index in [1.807, 2.05) is 26.0 Å². The van der Waals surface area contributed by atoms with Crippen molar-refractivity contribution in [2.45, 2.75) is 34.2 Å². The van der Waals surface area contributed by atoms with E-state index in [4.69, 9.17) is 4.42 Å². The molecule has 0 unspecified atom stereocenters. The van der Waals surface area contributed by atoms with Crippen LogP contribution in [0.4, 0.5) is 0 Å². The van der Waals surface area contributed by atoms with E-state index in [9.17, 15) is 20.0 Å². The highest BCUT2D eigenvalue weighted by Crippen LogP contribution is 2.32. The van der Waals surface area contributed by atoms with Crippen molar-refractivity contribution >= 4 is 32.7 Å². The molecule has 2 aromatic heterocycles. The first kappa shape index (κ1) is 19.9. The number of rotatable bonds is 4. The number of carbonyl (C=O) groups is 1. The third-order valence-corrected chi connectivity index (χ3v) is 5.17. The zero-order valence-electron chi connectivity index (χ0n) is 16.0. The molecule has 0 bridgehead atoms. The summed E-state index contributed by atoms with van der Waals surface area (Å²) in [6, 6.07) is 7.26. The van der Waals surface area contributed by atoms with Gasteiger partial charge in [-0.25, -0.2) is 0 Å². The van der Waals surface area contributed by atoms with Crippen molar-refractivity contribution in [3.63, 3.8) is 0 Å². The van der Waals surface area contributed by atoms with Gasteiger partial charge in [-0.3, -0.25) is 14.2 Å². The first-order valence-electron chi connectivity index (χ1n) is 8.77. The summed E-state index contributed by atoms with van der Waals surface area (Å²) in [7, 11) is 0. The molecule has 2 heterocycles. The Kier molecular flexibility index (Phi) is 5.18. The van der Waals surface area contributed by atoms with Crippen molar-refractivity contribution in [2.75, 3.05) is 0 Å². The van der Waals surface area contributed by atoms with Gasteiger partial charge in [0.25, 0.3) is 5.56 Å². The smallest absolute Gasteiger partial charge is 0.271 e. The van der Waals surface area contributed by atoms with E-state index < -0.39 is 17.2 Å². The molecule has 0 amide bonds. The minimum Gasteiger partial charge on any atom is -0.494 e. The highest BCUT2D eigenvalue weighted by Gasteiger charge is 2.28. The lowest BCUT2D eigenvalue weighted by molar-refractivity contribution is 0.100. The van der Waals surface area contributed by atoms with Crippen LogP contribution >= 0.6 is 15.9 Å². The predicted molar refractivity (Wildman–Crippen MR) is 109 cm³/mol. The third kappa shape index (κ3) is 3.14. The van der Waals surface area contributed by atoms with Gasteiger partial charge in [0, 0.05) is 22.0 Å². The molecule has 3 aromatic rings. The average Bonchev–Trinajstić information content (AvgIpc) is 2.95. The molecular formula is C21H19BrN2O4. The van der Waals surface area contributed by atoms with E-state index in [1.165, 1.54) is 6.92 Å². The summed E-state index contributed by atoms with van der Waals surface area (Å²) >= 11 is 3.40. The fraction of sp³-hybridized carbons (Fsp3) is 0.286. The van der Waals surface area contributed by atoms with Gasteiger partial charge < -0.3 is 9.52 Å². The van der Waals surface area contributed by atoms with Gasteiger partial charge in [-0.15, -0.1) is 0 Å². The number of pyridine rings is 1. The Balaban J connectivity index is 2.29. The van der Waals surface area contributed by atoms with Gasteiger partial charge in [-0.1, -0.05) is 29.8 Å². The molecule has 0 aliphatic heterocycles. The van der Waals surface area contributed by atoms with Gasteiger partial charge in [0.2, 0.25) is 11.7 Å². The van der Waals surface area contributed by atoms with Crippen LogP contribution in [-0.2, 0) is 6.54 Å². The monoisotopic (exact) mass is 442 g/mol. The van der Waals surface area contributed by atoms with Crippen LogP contribution in [0.25, 0.3) is 11.0 Å². The summed E-state index contributed by atoms with van der Waals surface area (Å²) < 4.78 is 7.68. The summed E-state index contributed by atoms with van der Waals surface area (Å²) in [4.78, 5) is 25.9. The largest absolute Gasteiger partial charge is 0.494 e. The molecule has 0 atom stereocenters. The number of hydrogen-bond acceptors (Lipinski definition) is 5. The lowest BCUT2D eigenvalue weighted by Crippen LogP contribution is -2.28. The number of nitrogens with zero attached hydrogens (tertiary/aromatic N) is 2. The van der Waals surface area contributed by atoms with Crippen LogP contribution in [0, 0.1) is 31.1 Å². The van der Waals surface area contributed by atoms with Crippen LogP contribution < -0.4 is 5.56 Å². The summed E-state index contributed by atoms with van der Waals surface area (Å²) in [5.41, 5.74) is 0.470. The number of fused-ring (bicyclic) bond motifs is 1. The van der Waals surface area contributed by atoms with Gasteiger partial charge in [0.15, 0.2) is 5.76 Å². The predicted octanol–water partition coefficient (Wildman–Crippen LogP) is 4.44. The molecule has 0 aliphatic rings. The molecule has 0 saturated carbocycles. The van der Waals surface area contributed by atoms with Crippen LogP contribution in [-0.4, -0.2) is 15.5 Å². The lowest BCUT2D eigenvalue weighted by Gasteiger charge is -2.16. The highest BCUT2D eigenvalue weighted by atomic mass is 79.9. The van der Waals surface area contributed by atoms with E-state index in [1.54, 1.807) is 19.1 Å². The number of furan rings is 1. The van der Waals surface area contributed by atoms with Gasteiger partial charge in [0.1, 0.15) is 17.2 Å². The Labute approximate surface area is 170 Å². The van der Waals surface area contributed by atoms with Crippen LogP contribution in [0.2, 0.25) is 0 Å². The Morgan fingerprint density at radius 3 is 2.61 bits per heavy atom. The number of nitriles is 1. The molecule has 6 nitrogen and oxygen atoms in total. The van der Waals surface area contributed by atoms with Gasteiger partial charge >= 0.3 is 0 Å². The Bertz CT molecular complexity index is 1210. The Morgan fingerprint density at radius 1 is 1.32 bits per heavy atom. The quantitative estimate of drug-likeness (QED) is 0.602. The number of aromatic hydroxyl groups is 1. The molecular weight excluding hydrogens is 424 g/mol. The van der Waals surface area contributed by atoms with Gasteiger partial charge in [-0.2, -0.15) is 5.26 Å². The summed E-state index contributed by atoms with van der Waals surface area (Å²) in [6.07, 6.45) is 0. The maximum absolute atomic E-state index is 13.3. The first-order valence-corrected chi connectivity index (χ1v) is 9.56. The number of hydrogen-bond donors (Lipinski definition) is 1. The maximum atomic E-state index is 13.3. The SMILES string of the molecule is Cc1c(C(=O)c2oc3ccc(Br)cc3c2C)c(O)n(CC(C)C)c(=O)c1C#N. The molecule has 1 aromatic carbocycles. The number of aryl methyl sites for hydroxylation is 1. The minimum atomic E-state index is -0.604. The fourth-order valence-corrected chi connectivity index (χ4v) is 3.64.